The molecule has 0 amide bonds. The van der Waals surface area contributed by atoms with Gasteiger partial charge in [0.25, 0.3) is 0 Å². The van der Waals surface area contributed by atoms with Gasteiger partial charge in [-0.25, -0.2) is 0 Å². The molecule has 0 unspecified atom stereocenters. The minimum atomic E-state index is -0.00647. The Morgan fingerprint density at radius 1 is 1.15 bits per heavy atom. The minimum absolute atomic E-state index is 0.00647. The van der Waals surface area contributed by atoms with E-state index in [2.05, 4.69) is 0 Å². The summed E-state index contributed by atoms with van der Waals surface area (Å²) in [6.45, 7) is 2.36. The number of carbonyl (C=O) groups excluding carboxylic acids is 1. The van der Waals surface area contributed by atoms with Gasteiger partial charge in [0.1, 0.15) is 6.61 Å². The molecule has 0 aromatic heterocycles. The van der Waals surface area contributed by atoms with Gasteiger partial charge in [0.05, 0.1) is 7.11 Å². The Morgan fingerprint density at radius 3 is 2.45 bits per heavy atom. The van der Waals surface area contributed by atoms with Crippen molar-refractivity contribution in [3.8, 4) is 11.5 Å². The lowest BCUT2D eigenvalue weighted by molar-refractivity contribution is 0.110. The van der Waals surface area contributed by atoms with Crippen LogP contribution in [0.25, 0.3) is 0 Å². The molecular formula is C16H15IO3. The largest absolute Gasteiger partial charge is 0.493 e. The van der Waals surface area contributed by atoms with Gasteiger partial charge in [-0.2, -0.15) is 0 Å². The minimum Gasteiger partial charge on any atom is -0.493 e. The van der Waals surface area contributed by atoms with Crippen molar-refractivity contribution in [1.82, 2.24) is 0 Å². The van der Waals surface area contributed by atoms with Gasteiger partial charge < -0.3 is 9.47 Å². The van der Waals surface area contributed by atoms with Crippen LogP contribution in [0.1, 0.15) is 21.5 Å². The topological polar surface area (TPSA) is 35.5 Å². The molecule has 104 valence electrons. The van der Waals surface area contributed by atoms with E-state index in [1.807, 2.05) is 43.3 Å². The molecule has 0 aliphatic carbocycles. The zero-order valence-electron chi connectivity index (χ0n) is 11.4. The van der Waals surface area contributed by atoms with Gasteiger partial charge in [0.2, 0.25) is 3.79 Å². The van der Waals surface area contributed by atoms with E-state index in [1.165, 1.54) is 0 Å². The Kier molecular flexibility index (Phi) is 5.00. The van der Waals surface area contributed by atoms with Crippen molar-refractivity contribution in [2.24, 2.45) is 0 Å². The summed E-state index contributed by atoms with van der Waals surface area (Å²) in [6, 6.07) is 13.5. The van der Waals surface area contributed by atoms with Gasteiger partial charge in [-0.15, -0.1) is 0 Å². The average molecular weight is 382 g/mol. The molecule has 0 fully saturated rings. The predicted molar refractivity (Wildman–Crippen MR) is 86.9 cm³/mol. The molecule has 0 spiro atoms. The first kappa shape index (κ1) is 14.8. The van der Waals surface area contributed by atoms with Crippen LogP contribution in [0.2, 0.25) is 0 Å². The van der Waals surface area contributed by atoms with Crippen LogP contribution >= 0.6 is 22.6 Å². The quantitative estimate of drug-likeness (QED) is 0.576. The first-order valence-electron chi connectivity index (χ1n) is 6.17. The van der Waals surface area contributed by atoms with E-state index in [0.717, 1.165) is 11.1 Å². The van der Waals surface area contributed by atoms with E-state index < -0.39 is 0 Å². The van der Waals surface area contributed by atoms with Crippen molar-refractivity contribution in [3.05, 3.63) is 59.2 Å². The smallest absolute Gasteiger partial charge is 0.222 e. The van der Waals surface area contributed by atoms with E-state index >= 15 is 0 Å². The third kappa shape index (κ3) is 3.50. The highest BCUT2D eigenvalue weighted by Gasteiger charge is 2.13. The summed E-state index contributed by atoms with van der Waals surface area (Å²) in [5.41, 5.74) is 2.61. The Balaban J connectivity index is 2.23. The molecule has 2 aromatic carbocycles. The molecular weight excluding hydrogens is 367 g/mol. The van der Waals surface area contributed by atoms with Crippen molar-refractivity contribution in [1.29, 1.82) is 0 Å². The van der Waals surface area contributed by atoms with Gasteiger partial charge in [0, 0.05) is 28.2 Å². The fourth-order valence-corrected chi connectivity index (χ4v) is 2.46. The zero-order chi connectivity index (χ0) is 14.5. The number of methoxy groups -OCH3 is 1. The van der Waals surface area contributed by atoms with Gasteiger partial charge in [0.15, 0.2) is 11.5 Å². The van der Waals surface area contributed by atoms with Gasteiger partial charge in [-0.05, 0) is 30.2 Å². The first-order chi connectivity index (χ1) is 9.61. The summed E-state index contributed by atoms with van der Waals surface area (Å²) in [7, 11) is 1.57. The molecule has 0 heterocycles. The molecule has 3 nitrogen and oxygen atoms in total. The standard InChI is InChI=1S/C16H15IO3/c1-11-8-15(14(19-2)9-13(11)16(17)18)20-10-12-6-4-3-5-7-12/h3-9H,10H2,1-2H3. The molecule has 2 rings (SSSR count). The normalized spacial score (nSPS) is 10.2. The molecule has 20 heavy (non-hydrogen) atoms. The second-order valence-corrected chi connectivity index (χ2v) is 5.35. The number of rotatable bonds is 5. The molecule has 4 heteroatoms. The van der Waals surface area contributed by atoms with Crippen molar-refractivity contribution in [2.45, 2.75) is 13.5 Å². The predicted octanol–water partition coefficient (Wildman–Crippen LogP) is 4.16. The summed E-state index contributed by atoms with van der Waals surface area (Å²) in [4.78, 5) is 11.5. The molecule has 0 N–H and O–H groups in total. The van der Waals surface area contributed by atoms with Crippen molar-refractivity contribution in [3.63, 3.8) is 0 Å². The van der Waals surface area contributed by atoms with E-state index in [1.54, 1.807) is 35.8 Å². The van der Waals surface area contributed by atoms with Crippen LogP contribution < -0.4 is 9.47 Å². The summed E-state index contributed by atoms with van der Waals surface area (Å²) < 4.78 is 11.1. The third-order valence-corrected chi connectivity index (χ3v) is 3.54. The average Bonchev–Trinajstić information content (AvgIpc) is 2.46. The van der Waals surface area contributed by atoms with E-state index in [9.17, 15) is 4.79 Å². The third-order valence-electron chi connectivity index (χ3n) is 2.96. The van der Waals surface area contributed by atoms with Crippen LogP contribution in [-0.4, -0.2) is 10.9 Å². The molecule has 0 aliphatic heterocycles. The number of hydrogen-bond acceptors (Lipinski definition) is 3. The second-order valence-electron chi connectivity index (χ2n) is 4.37. The van der Waals surface area contributed by atoms with Crippen LogP contribution in [-0.2, 0) is 6.61 Å². The SMILES string of the molecule is COc1cc(C(=O)I)c(C)cc1OCc1ccccc1. The van der Waals surface area contributed by atoms with E-state index in [0.29, 0.717) is 23.7 Å². The maximum Gasteiger partial charge on any atom is 0.222 e. The molecule has 0 radical (unpaired) electrons. The molecule has 0 aliphatic rings. The summed E-state index contributed by atoms with van der Waals surface area (Å²) in [5, 5.41) is 0. The lowest BCUT2D eigenvalue weighted by Gasteiger charge is -2.13. The van der Waals surface area contributed by atoms with Crippen molar-refractivity contribution in [2.75, 3.05) is 7.11 Å². The Bertz CT molecular complexity index is 609. The van der Waals surface area contributed by atoms with Crippen LogP contribution in [0.3, 0.4) is 0 Å². The molecule has 0 atom stereocenters. The highest BCUT2D eigenvalue weighted by atomic mass is 127. The van der Waals surface area contributed by atoms with Gasteiger partial charge in [-0.3, -0.25) is 4.79 Å². The second kappa shape index (κ2) is 6.74. The highest BCUT2D eigenvalue weighted by Crippen LogP contribution is 2.32. The summed E-state index contributed by atoms with van der Waals surface area (Å²) in [5.74, 6) is 1.22. The fraction of sp³-hybridized carbons (Fsp3) is 0.188. The van der Waals surface area contributed by atoms with Gasteiger partial charge in [-0.1, -0.05) is 30.3 Å². The number of benzene rings is 2. The molecule has 0 saturated heterocycles. The Morgan fingerprint density at radius 2 is 1.85 bits per heavy atom. The summed E-state index contributed by atoms with van der Waals surface area (Å²) >= 11 is 1.77. The number of aryl methyl sites for hydroxylation is 1. The van der Waals surface area contributed by atoms with Gasteiger partial charge >= 0.3 is 0 Å². The summed E-state index contributed by atoms with van der Waals surface area (Å²) in [6.07, 6.45) is 0. The lowest BCUT2D eigenvalue weighted by atomic mass is 10.1. The molecule has 0 bridgehead atoms. The number of hydrogen-bond donors (Lipinski definition) is 0. The van der Waals surface area contributed by atoms with Crippen LogP contribution in [0, 0.1) is 6.92 Å². The number of halogens is 1. The molecule has 0 saturated carbocycles. The fourth-order valence-electron chi connectivity index (χ4n) is 1.88. The zero-order valence-corrected chi connectivity index (χ0v) is 13.5. The van der Waals surface area contributed by atoms with E-state index in [4.69, 9.17) is 9.47 Å². The Labute approximate surface area is 132 Å². The maximum absolute atomic E-state index is 11.5. The van der Waals surface area contributed by atoms with Crippen LogP contribution in [0.15, 0.2) is 42.5 Å². The Hall–Kier alpha value is -1.56. The van der Waals surface area contributed by atoms with E-state index in [-0.39, 0.29) is 3.79 Å². The number of ether oxygens (including phenoxy) is 2. The van der Waals surface area contributed by atoms with Crippen LogP contribution in [0.4, 0.5) is 0 Å². The number of carbonyl (C=O) groups is 1. The lowest BCUT2D eigenvalue weighted by Crippen LogP contribution is -2.01. The first-order valence-corrected chi connectivity index (χ1v) is 7.25. The maximum atomic E-state index is 11.5. The highest BCUT2D eigenvalue weighted by molar-refractivity contribution is 14.1. The molecule has 2 aromatic rings. The van der Waals surface area contributed by atoms with Crippen molar-refractivity contribution >= 4 is 26.4 Å². The van der Waals surface area contributed by atoms with Crippen molar-refractivity contribution < 1.29 is 14.3 Å². The van der Waals surface area contributed by atoms with Crippen LogP contribution in [0.5, 0.6) is 11.5 Å². The monoisotopic (exact) mass is 382 g/mol.